The van der Waals surface area contributed by atoms with Crippen molar-refractivity contribution in [3.63, 3.8) is 0 Å². The van der Waals surface area contributed by atoms with Crippen LogP contribution in [0.2, 0.25) is 0 Å². The first-order chi connectivity index (χ1) is 13.9. The minimum absolute atomic E-state index is 0.371. The lowest BCUT2D eigenvalue weighted by atomic mass is 10.1. The van der Waals surface area contributed by atoms with Crippen LogP contribution >= 0.6 is 0 Å². The predicted molar refractivity (Wildman–Crippen MR) is 111 cm³/mol. The first-order valence-corrected chi connectivity index (χ1v) is 9.63. The number of nitrogens with one attached hydrogen (secondary N) is 1. The van der Waals surface area contributed by atoms with E-state index in [1.807, 2.05) is 30.3 Å². The lowest BCUT2D eigenvalue weighted by Gasteiger charge is -2.08. The second-order valence-corrected chi connectivity index (χ2v) is 7.42. The van der Waals surface area contributed by atoms with Gasteiger partial charge in [0.1, 0.15) is 17.2 Å². The summed E-state index contributed by atoms with van der Waals surface area (Å²) in [4.78, 5) is 9.95. The molecule has 0 spiro atoms. The number of hydrogen-bond donors (Lipinski definition) is 1. The molecule has 2 aromatic heterocycles. The second kappa shape index (κ2) is 5.99. The van der Waals surface area contributed by atoms with Gasteiger partial charge in [-0.25, -0.2) is 9.97 Å². The average Bonchev–Trinajstić information content (AvgIpc) is 3.46. The molecule has 1 aliphatic rings. The molecule has 3 aromatic carbocycles. The van der Waals surface area contributed by atoms with E-state index in [9.17, 15) is 0 Å². The molecule has 0 aliphatic heterocycles. The van der Waals surface area contributed by atoms with Crippen LogP contribution in [0, 0.1) is 0 Å². The number of rotatable bonds is 3. The van der Waals surface area contributed by atoms with Crippen molar-refractivity contribution < 1.29 is 0 Å². The standard InChI is InChI=1S/C24H18N4/c1-2-8-15(9-3-1)18-14-19(18)24-25-20-12-6-4-10-16(20)22(26-24)23-17-11-5-7-13-21(17)27-28-23/h1-13,18-19H,14H2,(H,27,28). The van der Waals surface area contributed by atoms with Gasteiger partial charge in [0.2, 0.25) is 0 Å². The molecule has 4 nitrogen and oxygen atoms in total. The second-order valence-electron chi connectivity index (χ2n) is 7.42. The van der Waals surface area contributed by atoms with E-state index < -0.39 is 0 Å². The van der Waals surface area contributed by atoms with Gasteiger partial charge in [-0.2, -0.15) is 5.10 Å². The molecule has 1 aliphatic carbocycles. The minimum atomic E-state index is 0.371. The van der Waals surface area contributed by atoms with E-state index in [0.29, 0.717) is 11.8 Å². The van der Waals surface area contributed by atoms with Gasteiger partial charge < -0.3 is 0 Å². The zero-order chi connectivity index (χ0) is 18.5. The largest absolute Gasteiger partial charge is 0.277 e. The van der Waals surface area contributed by atoms with Gasteiger partial charge in [-0.1, -0.05) is 66.7 Å². The van der Waals surface area contributed by atoms with E-state index in [1.165, 1.54) is 5.56 Å². The summed E-state index contributed by atoms with van der Waals surface area (Å²) >= 11 is 0. The molecule has 6 rings (SSSR count). The average molecular weight is 362 g/mol. The van der Waals surface area contributed by atoms with Crippen LogP contribution in [-0.4, -0.2) is 20.2 Å². The lowest BCUT2D eigenvalue weighted by Crippen LogP contribution is -1.99. The third-order valence-electron chi connectivity index (χ3n) is 5.66. The fraction of sp³-hybridized carbons (Fsp3) is 0.125. The van der Waals surface area contributed by atoms with E-state index in [2.05, 4.69) is 58.7 Å². The Labute approximate surface area is 162 Å². The number of benzene rings is 3. The molecular weight excluding hydrogens is 344 g/mol. The van der Waals surface area contributed by atoms with Crippen molar-refractivity contribution in [2.24, 2.45) is 0 Å². The molecule has 2 heterocycles. The molecule has 4 heteroatoms. The fourth-order valence-corrected chi connectivity index (χ4v) is 4.13. The monoisotopic (exact) mass is 362 g/mol. The van der Waals surface area contributed by atoms with Gasteiger partial charge in [0.15, 0.2) is 0 Å². The molecule has 0 saturated heterocycles. The molecule has 5 aromatic rings. The van der Waals surface area contributed by atoms with Crippen molar-refractivity contribution in [3.8, 4) is 11.4 Å². The summed E-state index contributed by atoms with van der Waals surface area (Å²) in [6.45, 7) is 0. The lowest BCUT2D eigenvalue weighted by molar-refractivity contribution is 0.910. The third-order valence-corrected chi connectivity index (χ3v) is 5.66. The first kappa shape index (κ1) is 15.5. The molecule has 1 fully saturated rings. The van der Waals surface area contributed by atoms with Crippen molar-refractivity contribution in [2.75, 3.05) is 0 Å². The molecule has 28 heavy (non-hydrogen) atoms. The van der Waals surface area contributed by atoms with E-state index in [1.54, 1.807) is 0 Å². The van der Waals surface area contributed by atoms with E-state index in [0.717, 1.165) is 45.4 Å². The molecule has 0 amide bonds. The highest BCUT2D eigenvalue weighted by molar-refractivity contribution is 6.00. The maximum absolute atomic E-state index is 5.04. The number of nitrogens with zero attached hydrogens (tertiary/aromatic N) is 3. The Bertz CT molecular complexity index is 1310. The number of para-hydroxylation sites is 2. The van der Waals surface area contributed by atoms with Gasteiger partial charge in [0, 0.05) is 16.7 Å². The molecule has 0 bridgehead atoms. The predicted octanol–water partition coefficient (Wildman–Crippen LogP) is 5.44. The SMILES string of the molecule is c1ccc(C2CC2c2nc(-c3n[nH]c4ccccc34)c3ccccc3n2)cc1. The van der Waals surface area contributed by atoms with Crippen molar-refractivity contribution >= 4 is 21.8 Å². The number of aromatic nitrogens is 4. The highest BCUT2D eigenvalue weighted by Crippen LogP contribution is 2.54. The molecule has 1 saturated carbocycles. The maximum Gasteiger partial charge on any atom is 0.133 e. The first-order valence-electron chi connectivity index (χ1n) is 9.63. The normalized spacial score (nSPS) is 18.6. The summed E-state index contributed by atoms with van der Waals surface area (Å²) in [6, 6.07) is 27.1. The highest BCUT2D eigenvalue weighted by atomic mass is 15.1. The van der Waals surface area contributed by atoms with Crippen LogP contribution < -0.4 is 0 Å². The Morgan fingerprint density at radius 2 is 1.43 bits per heavy atom. The van der Waals surface area contributed by atoms with Crippen LogP contribution in [0.15, 0.2) is 78.9 Å². The summed E-state index contributed by atoms with van der Waals surface area (Å²) in [5.41, 5.74) is 5.18. The Kier molecular flexibility index (Phi) is 3.32. The van der Waals surface area contributed by atoms with E-state index in [4.69, 9.17) is 9.97 Å². The summed E-state index contributed by atoms with van der Waals surface area (Å²) in [7, 11) is 0. The Hall–Kier alpha value is -3.53. The van der Waals surface area contributed by atoms with Crippen LogP contribution in [0.5, 0.6) is 0 Å². The summed E-state index contributed by atoms with van der Waals surface area (Å²) in [5, 5.41) is 9.87. The van der Waals surface area contributed by atoms with Gasteiger partial charge in [0.05, 0.1) is 11.0 Å². The smallest absolute Gasteiger partial charge is 0.133 e. The zero-order valence-corrected chi connectivity index (χ0v) is 15.2. The minimum Gasteiger partial charge on any atom is -0.277 e. The summed E-state index contributed by atoms with van der Waals surface area (Å²) in [6.07, 6.45) is 1.10. The van der Waals surface area contributed by atoms with Crippen molar-refractivity contribution in [1.29, 1.82) is 0 Å². The van der Waals surface area contributed by atoms with Crippen molar-refractivity contribution in [1.82, 2.24) is 20.2 Å². The van der Waals surface area contributed by atoms with Crippen LogP contribution in [0.1, 0.15) is 29.6 Å². The van der Waals surface area contributed by atoms with Crippen LogP contribution in [-0.2, 0) is 0 Å². The topological polar surface area (TPSA) is 54.5 Å². The highest BCUT2D eigenvalue weighted by Gasteiger charge is 2.42. The van der Waals surface area contributed by atoms with Crippen molar-refractivity contribution in [2.45, 2.75) is 18.3 Å². The number of H-pyrrole nitrogens is 1. The van der Waals surface area contributed by atoms with Crippen LogP contribution in [0.3, 0.4) is 0 Å². The summed E-state index contributed by atoms with van der Waals surface area (Å²) < 4.78 is 0. The molecule has 2 atom stereocenters. The molecular formula is C24H18N4. The van der Waals surface area contributed by atoms with Gasteiger partial charge >= 0.3 is 0 Å². The van der Waals surface area contributed by atoms with Gasteiger partial charge in [-0.05, 0) is 30.0 Å². The van der Waals surface area contributed by atoms with Gasteiger partial charge in [0.25, 0.3) is 0 Å². The Balaban J connectivity index is 1.52. The quantitative estimate of drug-likeness (QED) is 0.465. The molecule has 2 unspecified atom stereocenters. The number of aromatic amines is 1. The number of fused-ring (bicyclic) bond motifs is 2. The summed E-state index contributed by atoms with van der Waals surface area (Å²) in [5.74, 6) is 1.80. The third kappa shape index (κ3) is 2.42. The van der Waals surface area contributed by atoms with Crippen LogP contribution in [0.4, 0.5) is 0 Å². The Morgan fingerprint density at radius 1 is 0.679 bits per heavy atom. The maximum atomic E-state index is 5.04. The van der Waals surface area contributed by atoms with Crippen molar-refractivity contribution in [3.05, 3.63) is 90.3 Å². The molecule has 0 radical (unpaired) electrons. The molecule has 1 N–H and O–H groups in total. The van der Waals surface area contributed by atoms with Crippen LogP contribution in [0.25, 0.3) is 33.2 Å². The Morgan fingerprint density at radius 3 is 2.32 bits per heavy atom. The zero-order valence-electron chi connectivity index (χ0n) is 15.2. The molecule has 134 valence electrons. The van der Waals surface area contributed by atoms with E-state index in [-0.39, 0.29) is 0 Å². The number of hydrogen-bond acceptors (Lipinski definition) is 3. The van der Waals surface area contributed by atoms with Gasteiger partial charge in [-0.3, -0.25) is 5.10 Å². The van der Waals surface area contributed by atoms with Gasteiger partial charge in [-0.15, -0.1) is 0 Å². The van der Waals surface area contributed by atoms with E-state index >= 15 is 0 Å². The fourth-order valence-electron chi connectivity index (χ4n) is 4.13.